The highest BCUT2D eigenvalue weighted by Gasteiger charge is 2.36. The Morgan fingerprint density at radius 2 is 2.00 bits per heavy atom. The first-order valence-corrected chi connectivity index (χ1v) is 7.97. The van der Waals surface area contributed by atoms with E-state index in [0.29, 0.717) is 17.4 Å². The standard InChI is InChI=1S/C16H21BrO4/c1-4-10-12(11(8-14(18)19)9-5-6-9)7-13(17)16(21-3)15(10)20-2/h7,9,11H,4-6,8H2,1-3H3,(H,18,19). The maximum absolute atomic E-state index is 11.2. The Bertz CT molecular complexity index is 538. The molecule has 1 fully saturated rings. The van der Waals surface area contributed by atoms with Gasteiger partial charge in [0.15, 0.2) is 11.5 Å². The van der Waals surface area contributed by atoms with E-state index < -0.39 is 5.97 Å². The van der Waals surface area contributed by atoms with E-state index in [0.717, 1.165) is 34.9 Å². The number of carboxylic acid groups (broad SMARTS) is 1. The maximum atomic E-state index is 11.2. The number of aliphatic carboxylic acids is 1. The molecule has 1 aromatic carbocycles. The van der Waals surface area contributed by atoms with Crippen molar-refractivity contribution in [3.63, 3.8) is 0 Å². The third-order valence-electron chi connectivity index (χ3n) is 4.07. The van der Waals surface area contributed by atoms with Gasteiger partial charge in [0.05, 0.1) is 25.1 Å². The Hall–Kier alpha value is -1.23. The molecule has 1 aromatic rings. The van der Waals surface area contributed by atoms with Crippen molar-refractivity contribution < 1.29 is 19.4 Å². The van der Waals surface area contributed by atoms with Gasteiger partial charge in [0.2, 0.25) is 0 Å². The summed E-state index contributed by atoms with van der Waals surface area (Å²) >= 11 is 3.51. The molecule has 0 aromatic heterocycles. The van der Waals surface area contributed by atoms with Crippen LogP contribution in [-0.2, 0) is 11.2 Å². The number of benzene rings is 1. The first kappa shape index (κ1) is 16.1. The number of methoxy groups -OCH3 is 2. The molecule has 21 heavy (non-hydrogen) atoms. The lowest BCUT2D eigenvalue weighted by atomic mass is 9.86. The lowest BCUT2D eigenvalue weighted by molar-refractivity contribution is -0.137. The Kier molecular flexibility index (Phi) is 5.14. The van der Waals surface area contributed by atoms with Crippen molar-refractivity contribution in [2.45, 2.75) is 38.5 Å². The molecule has 0 bridgehead atoms. The van der Waals surface area contributed by atoms with Gasteiger partial charge in [-0.25, -0.2) is 0 Å². The number of ether oxygens (including phenoxy) is 2. The van der Waals surface area contributed by atoms with E-state index in [1.807, 2.05) is 6.07 Å². The summed E-state index contributed by atoms with van der Waals surface area (Å²) in [5.74, 6) is 1.15. The van der Waals surface area contributed by atoms with Crippen molar-refractivity contribution >= 4 is 21.9 Å². The lowest BCUT2D eigenvalue weighted by Crippen LogP contribution is -2.12. The molecule has 0 amide bonds. The summed E-state index contributed by atoms with van der Waals surface area (Å²) < 4.78 is 11.8. The summed E-state index contributed by atoms with van der Waals surface area (Å²) in [6.07, 6.45) is 3.16. The highest BCUT2D eigenvalue weighted by molar-refractivity contribution is 9.10. The van der Waals surface area contributed by atoms with Crippen molar-refractivity contribution in [3.8, 4) is 11.5 Å². The van der Waals surface area contributed by atoms with Crippen molar-refractivity contribution in [1.82, 2.24) is 0 Å². The van der Waals surface area contributed by atoms with Crippen molar-refractivity contribution in [2.24, 2.45) is 5.92 Å². The molecule has 0 spiro atoms. The summed E-state index contributed by atoms with van der Waals surface area (Å²) in [6, 6.07) is 2.01. The van der Waals surface area contributed by atoms with E-state index in [1.54, 1.807) is 14.2 Å². The minimum atomic E-state index is -0.750. The number of carboxylic acids is 1. The Labute approximate surface area is 133 Å². The normalized spacial score (nSPS) is 15.6. The summed E-state index contributed by atoms with van der Waals surface area (Å²) in [5.41, 5.74) is 2.13. The van der Waals surface area contributed by atoms with E-state index >= 15 is 0 Å². The predicted octanol–water partition coefficient (Wildman–Crippen LogP) is 4.00. The third-order valence-corrected chi connectivity index (χ3v) is 4.66. The summed E-state index contributed by atoms with van der Waals surface area (Å²) in [7, 11) is 3.23. The molecular formula is C16H21BrO4. The molecule has 0 radical (unpaired) electrons. The van der Waals surface area contributed by atoms with Gasteiger partial charge in [-0.3, -0.25) is 4.79 Å². The minimum Gasteiger partial charge on any atom is -0.493 e. The largest absolute Gasteiger partial charge is 0.493 e. The number of halogens is 1. The fraction of sp³-hybridized carbons (Fsp3) is 0.562. The van der Waals surface area contributed by atoms with Crippen LogP contribution in [0.25, 0.3) is 0 Å². The molecule has 0 heterocycles. The van der Waals surface area contributed by atoms with Gasteiger partial charge in [-0.05, 0) is 58.7 Å². The molecule has 1 aliphatic carbocycles. The second-order valence-corrected chi connectivity index (χ2v) is 6.24. The van der Waals surface area contributed by atoms with Gasteiger partial charge in [0.1, 0.15) is 0 Å². The Morgan fingerprint density at radius 3 is 2.43 bits per heavy atom. The highest BCUT2D eigenvalue weighted by atomic mass is 79.9. The molecule has 1 atom stereocenters. The topological polar surface area (TPSA) is 55.8 Å². The van der Waals surface area contributed by atoms with Crippen LogP contribution in [-0.4, -0.2) is 25.3 Å². The molecule has 0 aliphatic heterocycles. The average Bonchev–Trinajstić information content (AvgIpc) is 3.27. The van der Waals surface area contributed by atoms with Gasteiger partial charge in [-0.1, -0.05) is 6.92 Å². The second-order valence-electron chi connectivity index (χ2n) is 5.39. The van der Waals surface area contributed by atoms with E-state index in [9.17, 15) is 9.90 Å². The first-order valence-electron chi connectivity index (χ1n) is 7.18. The zero-order valence-corrected chi connectivity index (χ0v) is 14.2. The Morgan fingerprint density at radius 1 is 1.38 bits per heavy atom. The van der Waals surface area contributed by atoms with Crippen LogP contribution in [0.5, 0.6) is 11.5 Å². The van der Waals surface area contributed by atoms with Gasteiger partial charge < -0.3 is 14.6 Å². The van der Waals surface area contributed by atoms with Crippen LogP contribution in [0.2, 0.25) is 0 Å². The number of rotatable bonds is 7. The van der Waals surface area contributed by atoms with Crippen LogP contribution >= 0.6 is 15.9 Å². The van der Waals surface area contributed by atoms with E-state index in [-0.39, 0.29) is 12.3 Å². The van der Waals surface area contributed by atoms with Crippen LogP contribution in [0.4, 0.5) is 0 Å². The molecule has 1 aliphatic rings. The predicted molar refractivity (Wildman–Crippen MR) is 84.3 cm³/mol. The summed E-state index contributed by atoms with van der Waals surface area (Å²) in [5, 5.41) is 9.21. The van der Waals surface area contributed by atoms with Gasteiger partial charge in [-0.15, -0.1) is 0 Å². The van der Waals surface area contributed by atoms with Gasteiger partial charge in [0, 0.05) is 5.56 Å². The zero-order valence-electron chi connectivity index (χ0n) is 12.6. The number of hydrogen-bond acceptors (Lipinski definition) is 3. The number of hydrogen-bond donors (Lipinski definition) is 1. The third kappa shape index (κ3) is 3.34. The molecule has 1 unspecified atom stereocenters. The molecule has 116 valence electrons. The SMILES string of the molecule is CCc1c(C(CC(=O)O)C2CC2)cc(Br)c(OC)c1OC. The molecule has 4 nitrogen and oxygen atoms in total. The smallest absolute Gasteiger partial charge is 0.303 e. The highest BCUT2D eigenvalue weighted by Crippen LogP contribution is 2.50. The van der Waals surface area contributed by atoms with E-state index in [2.05, 4.69) is 22.9 Å². The lowest BCUT2D eigenvalue weighted by Gasteiger charge is -2.23. The van der Waals surface area contributed by atoms with E-state index in [4.69, 9.17) is 9.47 Å². The fourth-order valence-corrected chi connectivity index (χ4v) is 3.57. The van der Waals surface area contributed by atoms with Gasteiger partial charge in [-0.2, -0.15) is 0 Å². The van der Waals surface area contributed by atoms with Crippen molar-refractivity contribution in [3.05, 3.63) is 21.7 Å². The van der Waals surface area contributed by atoms with Crippen LogP contribution in [0.1, 0.15) is 43.2 Å². The monoisotopic (exact) mass is 356 g/mol. The zero-order chi connectivity index (χ0) is 15.6. The maximum Gasteiger partial charge on any atom is 0.303 e. The molecule has 5 heteroatoms. The van der Waals surface area contributed by atoms with Crippen LogP contribution in [0.15, 0.2) is 10.5 Å². The number of carbonyl (C=O) groups is 1. The fourth-order valence-electron chi connectivity index (χ4n) is 2.98. The quantitative estimate of drug-likeness (QED) is 0.802. The Balaban J connectivity index is 2.55. The molecule has 0 saturated heterocycles. The average molecular weight is 357 g/mol. The van der Waals surface area contributed by atoms with Crippen LogP contribution < -0.4 is 9.47 Å². The van der Waals surface area contributed by atoms with Gasteiger partial charge >= 0.3 is 5.97 Å². The molecule has 1 saturated carbocycles. The van der Waals surface area contributed by atoms with E-state index in [1.165, 1.54) is 0 Å². The molecular weight excluding hydrogens is 336 g/mol. The van der Waals surface area contributed by atoms with Crippen molar-refractivity contribution in [1.29, 1.82) is 0 Å². The van der Waals surface area contributed by atoms with Crippen molar-refractivity contribution in [2.75, 3.05) is 14.2 Å². The summed E-state index contributed by atoms with van der Waals surface area (Å²) in [4.78, 5) is 11.2. The van der Waals surface area contributed by atoms with Gasteiger partial charge in [0.25, 0.3) is 0 Å². The summed E-state index contributed by atoms with van der Waals surface area (Å²) in [6.45, 7) is 2.05. The first-order chi connectivity index (χ1) is 10.0. The minimum absolute atomic E-state index is 0.0496. The second kappa shape index (κ2) is 6.69. The van der Waals surface area contributed by atoms with Crippen LogP contribution in [0, 0.1) is 5.92 Å². The molecule has 2 rings (SSSR count). The molecule has 1 N–H and O–H groups in total. The van der Waals surface area contributed by atoms with Crippen LogP contribution in [0.3, 0.4) is 0 Å².